The number of carboxylic acid groups (broad SMARTS) is 1. The highest BCUT2D eigenvalue weighted by Gasteiger charge is 2.34. The van der Waals surface area contributed by atoms with Crippen LogP contribution in [-0.4, -0.2) is 47.9 Å². The highest BCUT2D eigenvalue weighted by atomic mass is 35.5. The summed E-state index contributed by atoms with van der Waals surface area (Å²) in [6.07, 6.45) is -4.56. The van der Waals surface area contributed by atoms with E-state index in [0.717, 1.165) is 10.5 Å². The molecule has 1 aliphatic heterocycles. The van der Waals surface area contributed by atoms with Crippen LogP contribution in [0.1, 0.15) is 5.56 Å². The van der Waals surface area contributed by atoms with Crippen molar-refractivity contribution in [2.24, 2.45) is 0 Å². The molecule has 8 heteroatoms. The number of ether oxygens (including phenoxy) is 1. The van der Waals surface area contributed by atoms with Crippen molar-refractivity contribution in [3.05, 3.63) is 28.8 Å². The second kappa shape index (κ2) is 6.11. The van der Waals surface area contributed by atoms with E-state index in [9.17, 15) is 18.0 Å². The number of carboxylic acids is 1. The van der Waals surface area contributed by atoms with Gasteiger partial charge in [0.05, 0.1) is 13.1 Å². The topological polar surface area (TPSA) is 49.8 Å². The molecule has 1 aromatic carbocycles. The van der Waals surface area contributed by atoms with Crippen LogP contribution >= 0.6 is 11.6 Å². The van der Waals surface area contributed by atoms with Crippen LogP contribution < -0.4 is 4.74 Å². The first-order valence-corrected chi connectivity index (χ1v) is 6.57. The molecule has 0 saturated carbocycles. The van der Waals surface area contributed by atoms with Gasteiger partial charge in [0.1, 0.15) is 11.9 Å². The highest BCUT2D eigenvalue weighted by molar-refractivity contribution is 6.30. The lowest BCUT2D eigenvalue weighted by molar-refractivity contribution is -0.155. The lowest BCUT2D eigenvalue weighted by Gasteiger charge is -2.24. The summed E-state index contributed by atoms with van der Waals surface area (Å²) in [5, 5.41) is 9.22. The fraction of sp³-hybridized carbons (Fsp3) is 0.462. The van der Waals surface area contributed by atoms with E-state index in [0.29, 0.717) is 17.2 Å². The minimum atomic E-state index is -4.45. The summed E-state index contributed by atoms with van der Waals surface area (Å²) in [7, 11) is 0. The third-order valence-electron chi connectivity index (χ3n) is 2.99. The maximum Gasteiger partial charge on any atom is 0.401 e. The first-order chi connectivity index (χ1) is 9.73. The zero-order valence-corrected chi connectivity index (χ0v) is 11.6. The number of alkyl halides is 3. The Balaban J connectivity index is 2.00. The third kappa shape index (κ3) is 4.78. The summed E-state index contributed by atoms with van der Waals surface area (Å²) in [4.78, 5) is 11.5. The molecule has 0 spiro atoms. The van der Waals surface area contributed by atoms with Crippen molar-refractivity contribution in [1.29, 1.82) is 0 Å². The Morgan fingerprint density at radius 2 is 2.19 bits per heavy atom. The van der Waals surface area contributed by atoms with Crippen molar-refractivity contribution >= 4 is 17.6 Å². The zero-order valence-electron chi connectivity index (χ0n) is 10.9. The number of nitrogens with zero attached hydrogens (tertiary/aromatic N) is 1. The quantitative estimate of drug-likeness (QED) is 0.905. The molecule has 4 nitrogen and oxygen atoms in total. The molecular formula is C13H13ClF3NO3. The SMILES string of the molecule is O=C(O)CN(CC1Cc2cc(Cl)ccc2O1)CC(F)(F)F. The van der Waals surface area contributed by atoms with Crippen LogP contribution in [0.4, 0.5) is 13.2 Å². The van der Waals surface area contributed by atoms with Crippen LogP contribution in [0.3, 0.4) is 0 Å². The molecule has 1 atom stereocenters. The number of benzene rings is 1. The molecule has 1 heterocycles. The maximum atomic E-state index is 12.5. The highest BCUT2D eigenvalue weighted by Crippen LogP contribution is 2.31. The number of fused-ring (bicyclic) bond motifs is 1. The van der Waals surface area contributed by atoms with Crippen molar-refractivity contribution in [3.8, 4) is 5.75 Å². The predicted octanol–water partition coefficient (Wildman–Crippen LogP) is 2.59. The van der Waals surface area contributed by atoms with Gasteiger partial charge in [-0.3, -0.25) is 9.69 Å². The van der Waals surface area contributed by atoms with Crippen molar-refractivity contribution < 1.29 is 27.8 Å². The van der Waals surface area contributed by atoms with Gasteiger partial charge in [0.15, 0.2) is 0 Å². The van der Waals surface area contributed by atoms with E-state index in [1.807, 2.05) is 0 Å². The Kier molecular flexibility index (Phi) is 4.63. The van der Waals surface area contributed by atoms with Crippen LogP contribution in [0.2, 0.25) is 5.02 Å². The average molecular weight is 324 g/mol. The van der Waals surface area contributed by atoms with Gasteiger partial charge in [0.2, 0.25) is 0 Å². The van der Waals surface area contributed by atoms with Crippen LogP contribution in [0.15, 0.2) is 18.2 Å². The molecule has 0 radical (unpaired) electrons. The Morgan fingerprint density at radius 3 is 2.81 bits per heavy atom. The monoisotopic (exact) mass is 323 g/mol. The summed E-state index contributed by atoms with van der Waals surface area (Å²) >= 11 is 5.84. The van der Waals surface area contributed by atoms with Crippen molar-refractivity contribution in [2.45, 2.75) is 18.7 Å². The van der Waals surface area contributed by atoms with Crippen molar-refractivity contribution in [3.63, 3.8) is 0 Å². The largest absolute Gasteiger partial charge is 0.488 e. The maximum absolute atomic E-state index is 12.5. The van der Waals surface area contributed by atoms with Gasteiger partial charge in [0, 0.05) is 18.0 Å². The van der Waals surface area contributed by atoms with Gasteiger partial charge in [0.25, 0.3) is 0 Å². The van der Waals surface area contributed by atoms with Gasteiger partial charge in [-0.2, -0.15) is 13.2 Å². The third-order valence-corrected chi connectivity index (χ3v) is 3.22. The number of aliphatic carboxylic acids is 1. The van der Waals surface area contributed by atoms with Gasteiger partial charge in [-0.25, -0.2) is 0 Å². The Hall–Kier alpha value is -1.47. The molecule has 2 rings (SSSR count). The first-order valence-electron chi connectivity index (χ1n) is 6.19. The fourth-order valence-corrected chi connectivity index (χ4v) is 2.50. The lowest BCUT2D eigenvalue weighted by Crippen LogP contribution is -2.43. The van der Waals surface area contributed by atoms with Crippen molar-refractivity contribution in [1.82, 2.24) is 4.90 Å². The fourth-order valence-electron chi connectivity index (χ4n) is 2.31. The average Bonchev–Trinajstić information content (AvgIpc) is 2.66. The van der Waals surface area contributed by atoms with Gasteiger partial charge in [-0.1, -0.05) is 11.6 Å². The summed E-state index contributed by atoms with van der Waals surface area (Å²) in [6, 6.07) is 4.98. The van der Waals surface area contributed by atoms with Crippen LogP contribution in [0.25, 0.3) is 0 Å². The summed E-state index contributed by atoms with van der Waals surface area (Å²) < 4.78 is 42.9. The van der Waals surface area contributed by atoms with Crippen LogP contribution in [0.5, 0.6) is 5.75 Å². The van der Waals surface area contributed by atoms with E-state index in [2.05, 4.69) is 0 Å². The standard InChI is InChI=1S/C13H13ClF3NO3/c14-9-1-2-11-8(3-9)4-10(21-11)5-18(6-12(19)20)7-13(15,16)17/h1-3,10H,4-7H2,(H,19,20). The molecule has 116 valence electrons. The Bertz CT molecular complexity index is 536. The van der Waals surface area contributed by atoms with Crippen LogP contribution in [-0.2, 0) is 11.2 Å². The molecule has 0 bridgehead atoms. The van der Waals surface area contributed by atoms with Gasteiger partial charge in [-0.15, -0.1) is 0 Å². The molecule has 1 unspecified atom stereocenters. The van der Waals surface area contributed by atoms with E-state index in [4.69, 9.17) is 21.4 Å². The number of carbonyl (C=O) groups is 1. The predicted molar refractivity (Wildman–Crippen MR) is 69.7 cm³/mol. The van der Waals surface area contributed by atoms with Crippen LogP contribution in [0, 0.1) is 0 Å². The molecule has 1 aromatic rings. The lowest BCUT2D eigenvalue weighted by atomic mass is 10.1. The number of hydrogen-bond donors (Lipinski definition) is 1. The molecule has 1 N–H and O–H groups in total. The van der Waals surface area contributed by atoms with E-state index < -0.39 is 31.3 Å². The molecule has 0 fully saturated rings. The number of rotatable bonds is 5. The molecule has 1 aliphatic rings. The van der Waals surface area contributed by atoms with E-state index in [1.165, 1.54) is 0 Å². The Morgan fingerprint density at radius 1 is 1.48 bits per heavy atom. The first kappa shape index (κ1) is 15.9. The van der Waals surface area contributed by atoms with Crippen molar-refractivity contribution in [2.75, 3.05) is 19.6 Å². The molecule has 0 saturated heterocycles. The second-order valence-electron chi connectivity index (χ2n) is 4.87. The number of hydrogen-bond acceptors (Lipinski definition) is 3. The smallest absolute Gasteiger partial charge is 0.401 e. The zero-order chi connectivity index (χ0) is 15.6. The second-order valence-corrected chi connectivity index (χ2v) is 5.31. The molecule has 0 aliphatic carbocycles. The summed E-state index contributed by atoms with van der Waals surface area (Å²) in [5.41, 5.74) is 0.815. The molecular weight excluding hydrogens is 311 g/mol. The minimum absolute atomic E-state index is 0.113. The molecule has 0 aromatic heterocycles. The number of halogens is 4. The minimum Gasteiger partial charge on any atom is -0.488 e. The molecule has 0 amide bonds. The van der Waals surface area contributed by atoms with E-state index >= 15 is 0 Å². The summed E-state index contributed by atoms with van der Waals surface area (Å²) in [5.74, 6) is -0.732. The van der Waals surface area contributed by atoms with E-state index in [1.54, 1.807) is 18.2 Å². The normalized spacial score (nSPS) is 17.7. The van der Waals surface area contributed by atoms with E-state index in [-0.39, 0.29) is 6.54 Å². The van der Waals surface area contributed by atoms with Gasteiger partial charge < -0.3 is 9.84 Å². The van der Waals surface area contributed by atoms with Gasteiger partial charge in [-0.05, 0) is 23.8 Å². The summed E-state index contributed by atoms with van der Waals surface area (Å²) in [6.45, 7) is -2.08. The molecule has 21 heavy (non-hydrogen) atoms. The van der Waals surface area contributed by atoms with Gasteiger partial charge >= 0.3 is 12.1 Å². The Labute approximate surface area is 124 Å².